The zero-order valence-electron chi connectivity index (χ0n) is 14.7. The molecule has 2 aromatic rings. The van der Waals surface area contributed by atoms with Crippen LogP contribution in [-0.4, -0.2) is 36.1 Å². The van der Waals surface area contributed by atoms with E-state index >= 15 is 0 Å². The van der Waals surface area contributed by atoms with Crippen LogP contribution in [0.2, 0.25) is 0 Å². The second kappa shape index (κ2) is 6.92. The molecule has 2 amide bonds. The Labute approximate surface area is 151 Å². The van der Waals surface area contributed by atoms with Gasteiger partial charge in [-0.2, -0.15) is 0 Å². The highest BCUT2D eigenvalue weighted by atomic mass is 16.5. The van der Waals surface area contributed by atoms with Crippen LogP contribution in [0.5, 0.6) is 0 Å². The zero-order valence-corrected chi connectivity index (χ0v) is 14.7. The van der Waals surface area contributed by atoms with Gasteiger partial charge in [0.05, 0.1) is 0 Å². The normalized spacial score (nSPS) is 19.3. The van der Waals surface area contributed by atoms with Crippen LogP contribution in [0.4, 0.5) is 5.69 Å². The number of aromatic nitrogens is 1. The lowest BCUT2D eigenvalue weighted by Crippen LogP contribution is -2.36. The summed E-state index contributed by atoms with van der Waals surface area (Å²) in [4.78, 5) is 24.7. The Morgan fingerprint density at radius 2 is 2.04 bits per heavy atom. The quantitative estimate of drug-likeness (QED) is 0.765. The highest BCUT2D eigenvalue weighted by Crippen LogP contribution is 2.40. The van der Waals surface area contributed by atoms with Gasteiger partial charge in [0.2, 0.25) is 0 Å². The summed E-state index contributed by atoms with van der Waals surface area (Å²) in [5.41, 5.74) is 2.33. The van der Waals surface area contributed by atoms with Crippen LogP contribution in [0.3, 0.4) is 0 Å². The van der Waals surface area contributed by atoms with E-state index in [0.29, 0.717) is 17.2 Å². The lowest BCUT2D eigenvalue weighted by Gasteiger charge is -2.13. The average molecular weight is 354 g/mol. The van der Waals surface area contributed by atoms with Crippen molar-refractivity contribution in [1.82, 2.24) is 15.8 Å². The number of nitrogens with one attached hydrogen (secondary N) is 3. The Kier molecular flexibility index (Phi) is 4.46. The summed E-state index contributed by atoms with van der Waals surface area (Å²) in [6, 6.07) is 7.14. The van der Waals surface area contributed by atoms with E-state index in [2.05, 4.69) is 21.1 Å². The van der Waals surface area contributed by atoms with Crippen LogP contribution >= 0.6 is 0 Å². The number of amides is 2. The Hall–Kier alpha value is -2.67. The fourth-order valence-corrected chi connectivity index (χ4v) is 3.19. The Bertz CT molecular complexity index is 835. The first kappa shape index (κ1) is 16.8. The molecule has 1 aliphatic carbocycles. The fraction of sp³-hybridized carbons (Fsp3) is 0.421. The van der Waals surface area contributed by atoms with Crippen molar-refractivity contribution in [2.24, 2.45) is 0 Å². The number of carbonyl (C=O) groups excluding carboxylic acids is 2. The molecule has 1 atom stereocenters. The van der Waals surface area contributed by atoms with Crippen molar-refractivity contribution in [1.29, 1.82) is 0 Å². The Morgan fingerprint density at radius 1 is 1.19 bits per heavy atom. The average Bonchev–Trinajstić information content (AvgIpc) is 3.12. The molecule has 3 N–H and O–H groups in total. The topological polar surface area (TPSA) is 96.3 Å². The van der Waals surface area contributed by atoms with Crippen molar-refractivity contribution in [2.75, 3.05) is 18.4 Å². The number of anilines is 1. The van der Waals surface area contributed by atoms with Crippen LogP contribution < -0.4 is 16.0 Å². The summed E-state index contributed by atoms with van der Waals surface area (Å²) < 4.78 is 5.22. The fourth-order valence-electron chi connectivity index (χ4n) is 3.19. The smallest absolute Gasteiger partial charge is 0.277 e. The molecule has 2 heterocycles. The number of rotatable bonds is 5. The maximum atomic E-state index is 12.4. The molecule has 0 radical (unpaired) electrons. The van der Waals surface area contributed by atoms with E-state index in [0.717, 1.165) is 43.7 Å². The van der Waals surface area contributed by atoms with Gasteiger partial charge in [-0.1, -0.05) is 5.16 Å². The van der Waals surface area contributed by atoms with Crippen molar-refractivity contribution in [3.05, 3.63) is 46.8 Å². The first-order valence-electron chi connectivity index (χ1n) is 9.00. The molecule has 1 aromatic carbocycles. The first-order valence-corrected chi connectivity index (χ1v) is 9.00. The molecule has 136 valence electrons. The van der Waals surface area contributed by atoms with E-state index in [-0.39, 0.29) is 23.6 Å². The van der Waals surface area contributed by atoms with Crippen LogP contribution in [-0.2, 0) is 0 Å². The molecule has 2 fully saturated rings. The van der Waals surface area contributed by atoms with E-state index in [4.69, 9.17) is 4.52 Å². The second-order valence-electron chi connectivity index (χ2n) is 7.04. The monoisotopic (exact) mass is 354 g/mol. The van der Waals surface area contributed by atoms with Crippen molar-refractivity contribution in [3.8, 4) is 0 Å². The van der Waals surface area contributed by atoms with Crippen molar-refractivity contribution >= 4 is 17.5 Å². The molecule has 1 unspecified atom stereocenters. The third-order valence-corrected chi connectivity index (χ3v) is 4.87. The van der Waals surface area contributed by atoms with E-state index < -0.39 is 0 Å². The summed E-state index contributed by atoms with van der Waals surface area (Å²) in [5.74, 6) is 0.799. The Balaban J connectivity index is 1.41. The third-order valence-electron chi connectivity index (χ3n) is 4.87. The summed E-state index contributed by atoms with van der Waals surface area (Å²) in [5, 5.41) is 12.9. The van der Waals surface area contributed by atoms with E-state index in [1.165, 1.54) is 0 Å². The van der Waals surface area contributed by atoms with Gasteiger partial charge in [0.1, 0.15) is 5.76 Å². The van der Waals surface area contributed by atoms with Gasteiger partial charge in [0.15, 0.2) is 5.69 Å². The lowest BCUT2D eigenvalue weighted by molar-refractivity contribution is 0.0939. The van der Waals surface area contributed by atoms with Crippen LogP contribution in [0, 0.1) is 6.92 Å². The lowest BCUT2D eigenvalue weighted by atomic mass is 10.1. The molecule has 7 nitrogen and oxygen atoms in total. The summed E-state index contributed by atoms with van der Waals surface area (Å²) in [6.45, 7) is 3.59. The van der Waals surface area contributed by atoms with E-state index in [1.807, 2.05) is 6.92 Å². The molecular weight excluding hydrogens is 332 g/mol. The predicted octanol–water partition coefficient (Wildman–Crippen LogP) is 2.20. The van der Waals surface area contributed by atoms with Crippen LogP contribution in [0.25, 0.3) is 0 Å². The maximum Gasteiger partial charge on any atom is 0.277 e. The predicted molar refractivity (Wildman–Crippen MR) is 96.4 cm³/mol. The summed E-state index contributed by atoms with van der Waals surface area (Å²) >= 11 is 0. The third kappa shape index (κ3) is 3.62. The SMILES string of the molecule is Cc1cc(NC(=O)c2cc(C3CC3)on2)ccc1C(=O)NC1CCNC1. The maximum absolute atomic E-state index is 12.4. The largest absolute Gasteiger partial charge is 0.360 e. The van der Waals surface area contributed by atoms with Gasteiger partial charge in [0, 0.05) is 35.8 Å². The minimum Gasteiger partial charge on any atom is -0.360 e. The van der Waals surface area contributed by atoms with Gasteiger partial charge in [-0.25, -0.2) is 0 Å². The number of hydrogen-bond acceptors (Lipinski definition) is 5. The zero-order chi connectivity index (χ0) is 18.1. The number of aryl methyl sites for hydroxylation is 1. The van der Waals surface area contributed by atoms with Gasteiger partial charge >= 0.3 is 0 Å². The van der Waals surface area contributed by atoms with Gasteiger partial charge in [0.25, 0.3) is 11.8 Å². The molecule has 1 saturated carbocycles. The highest BCUT2D eigenvalue weighted by Gasteiger charge is 2.29. The molecule has 1 aromatic heterocycles. The standard InChI is InChI=1S/C19H22N4O3/c1-11-8-13(4-5-15(11)18(24)22-14-6-7-20-10-14)21-19(25)16-9-17(26-23-16)12-2-3-12/h4-5,8-9,12,14,20H,2-3,6-7,10H2,1H3,(H,21,25)(H,22,24). The summed E-state index contributed by atoms with van der Waals surface area (Å²) in [7, 11) is 0. The van der Waals surface area contributed by atoms with E-state index in [9.17, 15) is 9.59 Å². The molecular formula is C19H22N4O3. The van der Waals surface area contributed by atoms with Gasteiger partial charge in [-0.15, -0.1) is 0 Å². The molecule has 2 aliphatic rings. The number of nitrogens with zero attached hydrogens (tertiary/aromatic N) is 1. The molecule has 1 aliphatic heterocycles. The Morgan fingerprint density at radius 3 is 2.73 bits per heavy atom. The van der Waals surface area contributed by atoms with E-state index in [1.54, 1.807) is 24.3 Å². The number of carbonyl (C=O) groups is 2. The molecule has 4 rings (SSSR count). The minimum atomic E-state index is -0.311. The van der Waals surface area contributed by atoms with Crippen molar-refractivity contribution in [3.63, 3.8) is 0 Å². The van der Waals surface area contributed by atoms with Crippen LogP contribution in [0.1, 0.15) is 57.4 Å². The molecule has 1 saturated heterocycles. The van der Waals surface area contributed by atoms with Crippen molar-refractivity contribution < 1.29 is 14.1 Å². The number of hydrogen-bond donors (Lipinski definition) is 3. The molecule has 26 heavy (non-hydrogen) atoms. The van der Waals surface area contributed by atoms with Gasteiger partial charge < -0.3 is 20.5 Å². The van der Waals surface area contributed by atoms with Gasteiger partial charge in [-0.3, -0.25) is 9.59 Å². The molecule has 0 bridgehead atoms. The van der Waals surface area contributed by atoms with Crippen LogP contribution in [0.15, 0.2) is 28.8 Å². The molecule has 0 spiro atoms. The summed E-state index contributed by atoms with van der Waals surface area (Å²) in [6.07, 6.45) is 3.13. The second-order valence-corrected chi connectivity index (χ2v) is 7.04. The number of benzene rings is 1. The van der Waals surface area contributed by atoms with Crippen molar-refractivity contribution in [2.45, 2.75) is 38.1 Å². The van der Waals surface area contributed by atoms with Gasteiger partial charge in [-0.05, 0) is 56.5 Å². The highest BCUT2D eigenvalue weighted by molar-refractivity contribution is 6.03. The molecule has 7 heteroatoms. The minimum absolute atomic E-state index is 0.0837. The first-order chi connectivity index (χ1) is 12.6.